The second-order valence-corrected chi connectivity index (χ2v) is 8.95. The van der Waals surface area contributed by atoms with Crippen molar-refractivity contribution in [1.29, 1.82) is 0 Å². The van der Waals surface area contributed by atoms with Gasteiger partial charge in [-0.2, -0.15) is 0 Å². The van der Waals surface area contributed by atoms with Gasteiger partial charge in [-0.3, -0.25) is 9.59 Å². The van der Waals surface area contributed by atoms with E-state index in [9.17, 15) is 9.59 Å². The molecule has 2 amide bonds. The number of piperidine rings is 1. The second kappa shape index (κ2) is 9.22. The first-order valence-corrected chi connectivity index (χ1v) is 11.2. The predicted octanol–water partition coefficient (Wildman–Crippen LogP) is 4.42. The van der Waals surface area contributed by atoms with E-state index in [1.165, 1.54) is 19.3 Å². The average Bonchev–Trinajstić information content (AvgIpc) is 3.49. The van der Waals surface area contributed by atoms with E-state index in [0.717, 1.165) is 55.2 Å². The number of halogens is 1. The molecule has 3 rings (SSSR count). The van der Waals surface area contributed by atoms with Crippen LogP contribution in [0.5, 0.6) is 0 Å². The van der Waals surface area contributed by atoms with Gasteiger partial charge in [0, 0.05) is 24.1 Å². The van der Waals surface area contributed by atoms with Crippen LogP contribution in [-0.4, -0.2) is 36.3 Å². The lowest BCUT2D eigenvalue weighted by Gasteiger charge is -2.34. The smallest absolute Gasteiger partial charge is 0.233 e. The largest absolute Gasteiger partial charge is 0.356 e. The summed E-state index contributed by atoms with van der Waals surface area (Å²) in [5.41, 5.74) is 0.761. The van der Waals surface area contributed by atoms with Gasteiger partial charge in [0.1, 0.15) is 0 Å². The van der Waals surface area contributed by atoms with E-state index in [2.05, 4.69) is 40.3 Å². The first kappa shape index (κ1) is 20.4. The predicted molar refractivity (Wildman–Crippen MR) is 112 cm³/mol. The highest BCUT2D eigenvalue weighted by Crippen LogP contribution is 2.50. The summed E-state index contributed by atoms with van der Waals surface area (Å²) in [4.78, 5) is 27.7. The van der Waals surface area contributed by atoms with Crippen molar-refractivity contribution in [3.05, 3.63) is 34.3 Å². The Labute approximate surface area is 171 Å². The maximum atomic E-state index is 13.3. The molecule has 27 heavy (non-hydrogen) atoms. The molecule has 0 aromatic heterocycles. The summed E-state index contributed by atoms with van der Waals surface area (Å²) in [5, 5.41) is 3.08. The highest BCUT2D eigenvalue weighted by atomic mass is 79.9. The number of nitrogens with one attached hydrogen (secondary N) is 1. The number of unbranched alkanes of at least 4 members (excludes halogenated alkanes) is 3. The van der Waals surface area contributed by atoms with Gasteiger partial charge in [0.25, 0.3) is 0 Å². The Morgan fingerprint density at radius 2 is 1.93 bits per heavy atom. The Hall–Kier alpha value is -1.36. The van der Waals surface area contributed by atoms with Crippen LogP contribution < -0.4 is 5.32 Å². The number of likely N-dealkylation sites (tertiary alicyclic amines) is 1. The third kappa shape index (κ3) is 4.92. The summed E-state index contributed by atoms with van der Waals surface area (Å²) in [7, 11) is 0. The van der Waals surface area contributed by atoms with Gasteiger partial charge >= 0.3 is 0 Å². The van der Waals surface area contributed by atoms with Crippen LogP contribution in [-0.2, 0) is 15.0 Å². The molecule has 0 unspecified atom stereocenters. The summed E-state index contributed by atoms with van der Waals surface area (Å²) in [5.74, 6) is 0.275. The number of benzene rings is 1. The van der Waals surface area contributed by atoms with E-state index in [4.69, 9.17) is 0 Å². The van der Waals surface area contributed by atoms with Gasteiger partial charge in [-0.25, -0.2) is 0 Å². The van der Waals surface area contributed by atoms with Crippen LogP contribution in [0.3, 0.4) is 0 Å². The number of carbonyl (C=O) groups excluding carboxylic acids is 2. The molecule has 0 radical (unpaired) electrons. The van der Waals surface area contributed by atoms with Gasteiger partial charge in [-0.1, -0.05) is 54.2 Å². The van der Waals surface area contributed by atoms with E-state index in [1.54, 1.807) is 0 Å². The summed E-state index contributed by atoms with van der Waals surface area (Å²) in [6.45, 7) is 4.29. The summed E-state index contributed by atoms with van der Waals surface area (Å²) in [6.07, 6.45) is 8.26. The zero-order valence-corrected chi connectivity index (χ0v) is 17.9. The molecule has 5 heteroatoms. The van der Waals surface area contributed by atoms with Crippen molar-refractivity contribution in [3.8, 4) is 0 Å². The molecule has 0 bridgehead atoms. The molecule has 2 fully saturated rings. The molecular formula is C22H31BrN2O2. The van der Waals surface area contributed by atoms with Crippen molar-refractivity contribution in [2.75, 3.05) is 19.6 Å². The van der Waals surface area contributed by atoms with Crippen LogP contribution in [0.2, 0.25) is 0 Å². The molecular weight excluding hydrogens is 404 g/mol. The molecule has 1 heterocycles. The van der Waals surface area contributed by atoms with Gasteiger partial charge in [0.05, 0.1) is 11.3 Å². The normalized spacial score (nSPS) is 21.0. The van der Waals surface area contributed by atoms with Crippen LogP contribution in [0.4, 0.5) is 0 Å². The minimum atomic E-state index is -0.348. The van der Waals surface area contributed by atoms with Gasteiger partial charge in [0.2, 0.25) is 11.8 Å². The number of hydrogen-bond donors (Lipinski definition) is 1. The zero-order valence-electron chi connectivity index (χ0n) is 16.3. The van der Waals surface area contributed by atoms with Gasteiger partial charge in [-0.05, 0) is 49.8 Å². The fraction of sp³-hybridized carbons (Fsp3) is 0.636. The minimum Gasteiger partial charge on any atom is -0.356 e. The van der Waals surface area contributed by atoms with E-state index < -0.39 is 0 Å². The van der Waals surface area contributed by atoms with E-state index in [1.807, 2.05) is 17.0 Å². The SMILES string of the molecule is CCCCCCNC(=O)[C@H]1CCCN(C(=O)C2(c3ccc(Br)cc3)CC2)C1. The molecule has 1 aromatic carbocycles. The summed E-state index contributed by atoms with van der Waals surface area (Å²) >= 11 is 3.46. The van der Waals surface area contributed by atoms with E-state index in [0.29, 0.717) is 6.54 Å². The van der Waals surface area contributed by atoms with Crippen molar-refractivity contribution < 1.29 is 9.59 Å². The second-order valence-electron chi connectivity index (χ2n) is 8.03. The third-order valence-electron chi connectivity index (χ3n) is 5.97. The molecule has 2 aliphatic rings. The van der Waals surface area contributed by atoms with Crippen molar-refractivity contribution in [1.82, 2.24) is 10.2 Å². The van der Waals surface area contributed by atoms with Crippen molar-refractivity contribution >= 4 is 27.7 Å². The monoisotopic (exact) mass is 434 g/mol. The number of rotatable bonds is 8. The van der Waals surface area contributed by atoms with Crippen LogP contribution in [0.25, 0.3) is 0 Å². The van der Waals surface area contributed by atoms with Gasteiger partial charge in [-0.15, -0.1) is 0 Å². The molecule has 1 saturated heterocycles. The van der Waals surface area contributed by atoms with Gasteiger partial charge < -0.3 is 10.2 Å². The summed E-state index contributed by atoms with van der Waals surface area (Å²) in [6, 6.07) is 8.13. The lowest BCUT2D eigenvalue weighted by molar-refractivity contribution is -0.138. The molecule has 1 aliphatic heterocycles. The van der Waals surface area contributed by atoms with Crippen LogP contribution >= 0.6 is 15.9 Å². The zero-order chi connectivity index (χ0) is 19.3. The molecule has 1 atom stereocenters. The maximum absolute atomic E-state index is 13.3. The molecule has 4 nitrogen and oxygen atoms in total. The van der Waals surface area contributed by atoms with Crippen LogP contribution in [0.1, 0.15) is 63.9 Å². The highest BCUT2D eigenvalue weighted by molar-refractivity contribution is 9.10. The van der Waals surface area contributed by atoms with Crippen LogP contribution in [0.15, 0.2) is 28.7 Å². The quantitative estimate of drug-likeness (QED) is 0.615. The molecule has 1 aromatic rings. The number of amides is 2. The standard InChI is InChI=1S/C22H31BrN2O2/c1-2-3-4-5-14-24-20(26)17-7-6-15-25(16-17)21(27)22(12-13-22)18-8-10-19(23)11-9-18/h8-11,17H,2-7,12-16H2,1H3,(H,24,26)/t17-/m0/s1. The highest BCUT2D eigenvalue weighted by Gasteiger charge is 2.53. The topological polar surface area (TPSA) is 49.4 Å². The lowest BCUT2D eigenvalue weighted by atomic mass is 9.91. The maximum Gasteiger partial charge on any atom is 0.233 e. The van der Waals surface area contributed by atoms with E-state index >= 15 is 0 Å². The number of nitrogens with zero attached hydrogens (tertiary/aromatic N) is 1. The number of carbonyl (C=O) groups is 2. The van der Waals surface area contributed by atoms with Crippen molar-refractivity contribution in [2.24, 2.45) is 5.92 Å². The van der Waals surface area contributed by atoms with Gasteiger partial charge in [0.15, 0.2) is 0 Å². The Balaban J connectivity index is 1.55. The van der Waals surface area contributed by atoms with Crippen molar-refractivity contribution in [3.63, 3.8) is 0 Å². The molecule has 148 valence electrons. The van der Waals surface area contributed by atoms with E-state index in [-0.39, 0.29) is 23.1 Å². The Morgan fingerprint density at radius 1 is 1.19 bits per heavy atom. The Bertz CT molecular complexity index is 655. The fourth-order valence-electron chi connectivity index (χ4n) is 4.11. The van der Waals surface area contributed by atoms with Crippen LogP contribution in [0, 0.1) is 5.92 Å². The lowest BCUT2D eigenvalue weighted by Crippen LogP contribution is -2.48. The Morgan fingerprint density at radius 3 is 2.59 bits per heavy atom. The fourth-order valence-corrected chi connectivity index (χ4v) is 4.37. The Kier molecular flexibility index (Phi) is 6.96. The molecule has 1 saturated carbocycles. The third-order valence-corrected chi connectivity index (χ3v) is 6.49. The molecule has 1 N–H and O–H groups in total. The number of hydrogen-bond acceptors (Lipinski definition) is 2. The first-order chi connectivity index (χ1) is 13.1. The minimum absolute atomic E-state index is 0.0606. The van der Waals surface area contributed by atoms with Crippen molar-refractivity contribution in [2.45, 2.75) is 63.7 Å². The molecule has 1 aliphatic carbocycles. The first-order valence-electron chi connectivity index (χ1n) is 10.4. The average molecular weight is 435 g/mol. The molecule has 0 spiro atoms. The summed E-state index contributed by atoms with van der Waals surface area (Å²) < 4.78 is 1.03.